The molecule has 23 heavy (non-hydrogen) atoms. The van der Waals surface area contributed by atoms with Gasteiger partial charge in [0, 0.05) is 6.04 Å². The van der Waals surface area contributed by atoms with Gasteiger partial charge in [-0.3, -0.25) is 0 Å². The maximum absolute atomic E-state index is 12.4. The molecule has 2 rings (SSSR count). The predicted molar refractivity (Wildman–Crippen MR) is 95.0 cm³/mol. The van der Waals surface area contributed by atoms with E-state index in [9.17, 15) is 8.42 Å². The lowest BCUT2D eigenvalue weighted by molar-refractivity contribution is 0.547. The van der Waals surface area contributed by atoms with E-state index in [1.165, 1.54) is 11.1 Å². The van der Waals surface area contributed by atoms with Gasteiger partial charge in [-0.2, -0.15) is 0 Å². The van der Waals surface area contributed by atoms with E-state index >= 15 is 0 Å². The molecule has 124 valence electrons. The fourth-order valence-corrected chi connectivity index (χ4v) is 3.82. The van der Waals surface area contributed by atoms with Crippen LogP contribution in [0.5, 0.6) is 0 Å². The molecule has 0 heterocycles. The van der Waals surface area contributed by atoms with Crippen molar-refractivity contribution in [2.24, 2.45) is 0 Å². The molecule has 1 N–H and O–H groups in total. The molecule has 0 spiro atoms. The summed E-state index contributed by atoms with van der Waals surface area (Å²) in [4.78, 5) is 0.337. The average Bonchev–Trinajstić information content (AvgIpc) is 2.54. The van der Waals surface area contributed by atoms with Gasteiger partial charge in [0.15, 0.2) is 0 Å². The minimum absolute atomic E-state index is 0.101. The van der Waals surface area contributed by atoms with E-state index in [1.54, 1.807) is 12.1 Å². The second kappa shape index (κ2) is 8.27. The third-order valence-electron chi connectivity index (χ3n) is 3.84. The quantitative estimate of drug-likeness (QED) is 0.796. The second-order valence-electron chi connectivity index (χ2n) is 5.94. The molecule has 1 atom stereocenters. The van der Waals surface area contributed by atoms with Crippen molar-refractivity contribution in [2.45, 2.75) is 50.5 Å². The first-order valence-corrected chi connectivity index (χ1v) is 9.65. The molecule has 0 aliphatic heterocycles. The zero-order valence-corrected chi connectivity index (χ0v) is 14.6. The molecule has 0 amide bonds. The van der Waals surface area contributed by atoms with Crippen LogP contribution in [0.2, 0.25) is 0 Å². The van der Waals surface area contributed by atoms with E-state index in [4.69, 9.17) is 0 Å². The lowest BCUT2D eigenvalue weighted by Crippen LogP contribution is -2.32. The van der Waals surface area contributed by atoms with Gasteiger partial charge >= 0.3 is 0 Å². The van der Waals surface area contributed by atoms with Crippen molar-refractivity contribution in [1.29, 1.82) is 0 Å². The van der Waals surface area contributed by atoms with Gasteiger partial charge in [0.2, 0.25) is 10.0 Å². The third kappa shape index (κ3) is 5.48. The standard InChI is InChI=1S/C19H25NO2S/c1-3-7-17-12-14-19(15-13-17)23(21,22)20-16(2)10-11-18-8-5-4-6-9-18/h4-6,8-9,12-16,20H,3,7,10-11H2,1-2H3. The summed E-state index contributed by atoms with van der Waals surface area (Å²) in [7, 11) is -3.45. The number of rotatable bonds is 8. The van der Waals surface area contributed by atoms with Gasteiger partial charge in [0.05, 0.1) is 4.90 Å². The summed E-state index contributed by atoms with van der Waals surface area (Å²) in [6.07, 6.45) is 3.67. The Kier molecular flexibility index (Phi) is 6.37. The summed E-state index contributed by atoms with van der Waals surface area (Å²) in [5.74, 6) is 0. The fourth-order valence-electron chi connectivity index (χ4n) is 2.54. The topological polar surface area (TPSA) is 46.2 Å². The van der Waals surface area contributed by atoms with E-state index in [0.29, 0.717) is 4.90 Å². The van der Waals surface area contributed by atoms with E-state index in [1.807, 2.05) is 37.3 Å². The Morgan fingerprint density at radius 1 is 0.913 bits per heavy atom. The van der Waals surface area contributed by atoms with Crippen molar-refractivity contribution in [3.8, 4) is 0 Å². The van der Waals surface area contributed by atoms with Gasteiger partial charge in [0.25, 0.3) is 0 Å². The van der Waals surface area contributed by atoms with Gasteiger partial charge in [-0.05, 0) is 49.4 Å². The number of aryl methyl sites for hydroxylation is 2. The molecule has 0 aliphatic rings. The molecule has 0 bridgehead atoms. The summed E-state index contributed by atoms with van der Waals surface area (Å²) < 4.78 is 27.6. The predicted octanol–water partition coefficient (Wildman–Crippen LogP) is 3.94. The highest BCUT2D eigenvalue weighted by atomic mass is 32.2. The van der Waals surface area contributed by atoms with Crippen LogP contribution in [-0.4, -0.2) is 14.5 Å². The van der Waals surface area contributed by atoms with Crippen LogP contribution < -0.4 is 4.72 Å². The van der Waals surface area contributed by atoms with Crippen LogP contribution in [0.3, 0.4) is 0 Å². The maximum Gasteiger partial charge on any atom is 0.240 e. The van der Waals surface area contributed by atoms with Crippen LogP contribution in [-0.2, 0) is 22.9 Å². The van der Waals surface area contributed by atoms with E-state index < -0.39 is 10.0 Å². The Morgan fingerprint density at radius 3 is 2.13 bits per heavy atom. The van der Waals surface area contributed by atoms with Crippen molar-refractivity contribution in [1.82, 2.24) is 4.72 Å². The number of sulfonamides is 1. The number of hydrogen-bond donors (Lipinski definition) is 1. The molecule has 3 nitrogen and oxygen atoms in total. The largest absolute Gasteiger partial charge is 0.240 e. The molecule has 2 aromatic carbocycles. The van der Waals surface area contributed by atoms with Crippen LogP contribution in [0, 0.1) is 0 Å². The zero-order valence-electron chi connectivity index (χ0n) is 13.8. The minimum Gasteiger partial charge on any atom is -0.208 e. The van der Waals surface area contributed by atoms with Crippen molar-refractivity contribution < 1.29 is 8.42 Å². The van der Waals surface area contributed by atoms with Gasteiger partial charge in [-0.25, -0.2) is 13.1 Å². The smallest absolute Gasteiger partial charge is 0.208 e. The van der Waals surface area contributed by atoms with Crippen LogP contribution in [0.4, 0.5) is 0 Å². The van der Waals surface area contributed by atoms with Gasteiger partial charge in [-0.15, -0.1) is 0 Å². The lowest BCUT2D eigenvalue weighted by Gasteiger charge is -2.14. The molecular weight excluding hydrogens is 306 g/mol. The average molecular weight is 331 g/mol. The Bertz CT molecular complexity index is 694. The normalized spacial score (nSPS) is 13.0. The molecular formula is C19H25NO2S. The molecule has 0 aromatic heterocycles. The van der Waals surface area contributed by atoms with Gasteiger partial charge in [0.1, 0.15) is 0 Å². The first-order valence-electron chi connectivity index (χ1n) is 8.16. The highest BCUT2D eigenvalue weighted by Crippen LogP contribution is 2.13. The SMILES string of the molecule is CCCc1ccc(S(=O)(=O)NC(C)CCc2ccccc2)cc1. The molecule has 0 saturated heterocycles. The number of nitrogens with one attached hydrogen (secondary N) is 1. The zero-order chi connectivity index (χ0) is 16.7. The Labute approximate surface area is 139 Å². The summed E-state index contributed by atoms with van der Waals surface area (Å²) in [5.41, 5.74) is 2.39. The van der Waals surface area contributed by atoms with Crippen molar-refractivity contribution >= 4 is 10.0 Å². The molecule has 0 fully saturated rings. The molecule has 0 saturated carbocycles. The number of benzene rings is 2. The number of hydrogen-bond acceptors (Lipinski definition) is 2. The summed E-state index contributed by atoms with van der Waals surface area (Å²) in [5, 5.41) is 0. The van der Waals surface area contributed by atoms with Crippen molar-refractivity contribution in [2.75, 3.05) is 0 Å². The minimum atomic E-state index is -3.45. The molecule has 4 heteroatoms. The lowest BCUT2D eigenvalue weighted by atomic mass is 10.1. The maximum atomic E-state index is 12.4. The monoisotopic (exact) mass is 331 g/mol. The highest BCUT2D eigenvalue weighted by Gasteiger charge is 2.17. The summed E-state index contributed by atoms with van der Waals surface area (Å²) in [6.45, 7) is 4.02. The van der Waals surface area contributed by atoms with Crippen molar-refractivity contribution in [3.63, 3.8) is 0 Å². The van der Waals surface area contributed by atoms with Gasteiger partial charge < -0.3 is 0 Å². The molecule has 1 unspecified atom stereocenters. The first-order chi connectivity index (χ1) is 11.0. The Balaban J connectivity index is 1.94. The highest BCUT2D eigenvalue weighted by molar-refractivity contribution is 7.89. The van der Waals surface area contributed by atoms with Crippen LogP contribution in [0.1, 0.15) is 37.8 Å². The molecule has 2 aromatic rings. The second-order valence-corrected chi connectivity index (χ2v) is 7.65. The third-order valence-corrected chi connectivity index (χ3v) is 5.44. The van der Waals surface area contributed by atoms with E-state index in [0.717, 1.165) is 25.7 Å². The van der Waals surface area contributed by atoms with E-state index in [2.05, 4.69) is 23.8 Å². The molecule has 0 aliphatic carbocycles. The summed E-state index contributed by atoms with van der Waals surface area (Å²) in [6, 6.07) is 17.2. The van der Waals surface area contributed by atoms with Crippen LogP contribution in [0.25, 0.3) is 0 Å². The fraction of sp³-hybridized carbons (Fsp3) is 0.368. The van der Waals surface area contributed by atoms with Crippen LogP contribution in [0.15, 0.2) is 59.5 Å². The van der Waals surface area contributed by atoms with Gasteiger partial charge in [-0.1, -0.05) is 55.8 Å². The molecule has 0 radical (unpaired) electrons. The first kappa shape index (κ1) is 17.7. The van der Waals surface area contributed by atoms with Crippen LogP contribution >= 0.6 is 0 Å². The van der Waals surface area contributed by atoms with E-state index in [-0.39, 0.29) is 6.04 Å². The Hall–Kier alpha value is -1.65. The Morgan fingerprint density at radius 2 is 1.52 bits per heavy atom. The summed E-state index contributed by atoms with van der Waals surface area (Å²) >= 11 is 0. The van der Waals surface area contributed by atoms with Crippen molar-refractivity contribution in [3.05, 3.63) is 65.7 Å².